The fourth-order valence-electron chi connectivity index (χ4n) is 2.96. The highest BCUT2D eigenvalue weighted by molar-refractivity contribution is 5.88. The number of nitrogens with one attached hydrogen (secondary N) is 2. The Morgan fingerprint density at radius 1 is 1.29 bits per heavy atom. The van der Waals surface area contributed by atoms with Gasteiger partial charge in [0.2, 0.25) is 5.91 Å². The molecule has 6 heteroatoms. The van der Waals surface area contributed by atoms with E-state index in [0.717, 1.165) is 17.5 Å². The second kappa shape index (κ2) is 6.86. The van der Waals surface area contributed by atoms with Gasteiger partial charge in [-0.3, -0.25) is 9.48 Å². The van der Waals surface area contributed by atoms with Crippen molar-refractivity contribution in [2.75, 3.05) is 0 Å². The van der Waals surface area contributed by atoms with Gasteiger partial charge in [0.25, 0.3) is 0 Å². The Labute approximate surface area is 141 Å². The minimum Gasteiger partial charge on any atom is -0.358 e. The number of nitrogens with zero attached hydrogens (tertiary/aromatic N) is 3. The number of benzene rings is 1. The van der Waals surface area contributed by atoms with Crippen molar-refractivity contribution in [1.82, 2.24) is 25.1 Å². The zero-order chi connectivity index (χ0) is 17.1. The molecule has 6 nitrogen and oxygen atoms in total. The maximum absolute atomic E-state index is 12.1. The standard InChI is InChI=1S/C18H23N5O/c1-12-7-15(18-16(8-12)13(2)14(3)22-18)9-20-17(24)5-4-6-23-11-19-10-21-23/h7-8,10-11,22H,4-6,9H2,1-3H3,(H,20,24). The molecule has 0 aliphatic heterocycles. The molecule has 0 fully saturated rings. The van der Waals surface area contributed by atoms with Gasteiger partial charge in [0, 0.05) is 30.6 Å². The van der Waals surface area contributed by atoms with Gasteiger partial charge >= 0.3 is 0 Å². The van der Waals surface area contributed by atoms with Crippen LogP contribution < -0.4 is 5.32 Å². The van der Waals surface area contributed by atoms with Crippen LogP contribution in [0, 0.1) is 20.8 Å². The summed E-state index contributed by atoms with van der Waals surface area (Å²) in [7, 11) is 0. The predicted octanol–water partition coefficient (Wildman–Crippen LogP) is 2.78. The highest BCUT2D eigenvalue weighted by Gasteiger charge is 2.10. The molecule has 0 saturated heterocycles. The van der Waals surface area contributed by atoms with Gasteiger partial charge in [-0.1, -0.05) is 11.6 Å². The highest BCUT2D eigenvalue weighted by atomic mass is 16.1. The van der Waals surface area contributed by atoms with E-state index in [9.17, 15) is 4.79 Å². The van der Waals surface area contributed by atoms with Crippen molar-refractivity contribution in [3.05, 3.63) is 47.2 Å². The Balaban J connectivity index is 1.60. The molecule has 0 aliphatic rings. The molecule has 3 rings (SSSR count). The third-order valence-corrected chi connectivity index (χ3v) is 4.38. The van der Waals surface area contributed by atoms with Gasteiger partial charge in [-0.2, -0.15) is 5.10 Å². The molecule has 1 amide bonds. The normalized spacial score (nSPS) is 11.1. The van der Waals surface area contributed by atoms with E-state index in [0.29, 0.717) is 19.5 Å². The number of hydrogen-bond donors (Lipinski definition) is 2. The lowest BCUT2D eigenvalue weighted by Gasteiger charge is -2.08. The summed E-state index contributed by atoms with van der Waals surface area (Å²) in [6.07, 6.45) is 4.40. The number of aryl methyl sites for hydroxylation is 4. The first-order valence-electron chi connectivity index (χ1n) is 8.22. The molecule has 0 atom stereocenters. The summed E-state index contributed by atoms with van der Waals surface area (Å²) >= 11 is 0. The van der Waals surface area contributed by atoms with E-state index < -0.39 is 0 Å². The summed E-state index contributed by atoms with van der Waals surface area (Å²) in [5.41, 5.74) is 5.91. The van der Waals surface area contributed by atoms with Gasteiger partial charge in [-0.15, -0.1) is 0 Å². The van der Waals surface area contributed by atoms with Crippen LogP contribution in [0.1, 0.15) is 35.2 Å². The number of carbonyl (C=O) groups excluding carboxylic acids is 1. The summed E-state index contributed by atoms with van der Waals surface area (Å²) in [5, 5.41) is 8.29. The van der Waals surface area contributed by atoms with Crippen LogP contribution in [0.3, 0.4) is 0 Å². The zero-order valence-electron chi connectivity index (χ0n) is 14.4. The molecule has 2 aromatic heterocycles. The molecule has 0 unspecified atom stereocenters. The number of fused-ring (bicyclic) bond motifs is 1. The Kier molecular flexibility index (Phi) is 4.64. The SMILES string of the molecule is Cc1cc(CNC(=O)CCCn2cncn2)c2[nH]c(C)c(C)c2c1. The largest absolute Gasteiger partial charge is 0.358 e. The number of aromatic nitrogens is 4. The molecule has 24 heavy (non-hydrogen) atoms. The molecule has 0 bridgehead atoms. The van der Waals surface area contributed by atoms with Crippen LogP contribution in [0.2, 0.25) is 0 Å². The maximum Gasteiger partial charge on any atom is 0.220 e. The zero-order valence-corrected chi connectivity index (χ0v) is 14.4. The number of amides is 1. The van der Waals surface area contributed by atoms with E-state index in [-0.39, 0.29) is 5.91 Å². The number of carbonyl (C=O) groups is 1. The van der Waals surface area contributed by atoms with Crippen molar-refractivity contribution in [3.8, 4) is 0 Å². The predicted molar refractivity (Wildman–Crippen MR) is 93.6 cm³/mol. The smallest absolute Gasteiger partial charge is 0.220 e. The first kappa shape index (κ1) is 16.2. The summed E-state index contributed by atoms with van der Waals surface area (Å²) in [4.78, 5) is 19.4. The average molecular weight is 325 g/mol. The number of H-pyrrole nitrogens is 1. The minimum absolute atomic E-state index is 0.0600. The van der Waals surface area contributed by atoms with Crippen molar-refractivity contribution in [1.29, 1.82) is 0 Å². The molecule has 1 aromatic carbocycles. The van der Waals surface area contributed by atoms with Crippen LogP contribution in [0.15, 0.2) is 24.8 Å². The van der Waals surface area contributed by atoms with Crippen molar-refractivity contribution in [2.45, 2.75) is 46.7 Å². The summed E-state index contributed by atoms with van der Waals surface area (Å²) < 4.78 is 1.74. The quantitative estimate of drug-likeness (QED) is 0.732. The summed E-state index contributed by atoms with van der Waals surface area (Å²) in [6.45, 7) is 7.54. The highest BCUT2D eigenvalue weighted by Crippen LogP contribution is 2.25. The maximum atomic E-state index is 12.1. The Morgan fingerprint density at radius 3 is 2.88 bits per heavy atom. The lowest BCUT2D eigenvalue weighted by molar-refractivity contribution is -0.121. The second-order valence-corrected chi connectivity index (χ2v) is 6.26. The van der Waals surface area contributed by atoms with Crippen LogP contribution >= 0.6 is 0 Å². The number of rotatable bonds is 6. The topological polar surface area (TPSA) is 75.6 Å². The van der Waals surface area contributed by atoms with E-state index in [4.69, 9.17) is 0 Å². The Morgan fingerprint density at radius 2 is 2.12 bits per heavy atom. The van der Waals surface area contributed by atoms with Crippen LogP contribution in [-0.4, -0.2) is 25.7 Å². The molecule has 126 valence electrons. The van der Waals surface area contributed by atoms with Crippen molar-refractivity contribution in [2.24, 2.45) is 0 Å². The molecule has 0 spiro atoms. The lowest BCUT2D eigenvalue weighted by atomic mass is 10.0. The van der Waals surface area contributed by atoms with Crippen LogP contribution in [-0.2, 0) is 17.9 Å². The molecule has 0 aliphatic carbocycles. The van der Waals surface area contributed by atoms with Gasteiger partial charge in [0.15, 0.2) is 0 Å². The summed E-state index contributed by atoms with van der Waals surface area (Å²) in [5.74, 6) is 0.0600. The van der Waals surface area contributed by atoms with E-state index >= 15 is 0 Å². The molecule has 2 N–H and O–H groups in total. The van der Waals surface area contributed by atoms with Crippen LogP contribution in [0.25, 0.3) is 10.9 Å². The third kappa shape index (κ3) is 3.48. The van der Waals surface area contributed by atoms with Gasteiger partial charge in [-0.05, 0) is 44.4 Å². The lowest BCUT2D eigenvalue weighted by Crippen LogP contribution is -2.23. The molecule has 3 aromatic rings. The van der Waals surface area contributed by atoms with Crippen molar-refractivity contribution >= 4 is 16.8 Å². The summed E-state index contributed by atoms with van der Waals surface area (Å²) in [6, 6.07) is 4.32. The number of hydrogen-bond acceptors (Lipinski definition) is 3. The Bertz CT molecular complexity index is 848. The molecular weight excluding hydrogens is 302 g/mol. The first-order valence-corrected chi connectivity index (χ1v) is 8.22. The first-order chi connectivity index (χ1) is 11.5. The monoisotopic (exact) mass is 325 g/mol. The van der Waals surface area contributed by atoms with Gasteiger partial charge in [-0.25, -0.2) is 4.98 Å². The second-order valence-electron chi connectivity index (χ2n) is 6.26. The van der Waals surface area contributed by atoms with E-state index in [1.165, 1.54) is 28.5 Å². The van der Waals surface area contributed by atoms with Crippen LogP contribution in [0.4, 0.5) is 0 Å². The molecule has 2 heterocycles. The van der Waals surface area contributed by atoms with Crippen molar-refractivity contribution < 1.29 is 4.79 Å². The van der Waals surface area contributed by atoms with E-state index in [1.807, 2.05) is 0 Å². The van der Waals surface area contributed by atoms with E-state index in [2.05, 4.69) is 53.3 Å². The molecule has 0 radical (unpaired) electrons. The van der Waals surface area contributed by atoms with Gasteiger partial charge in [0.05, 0.1) is 5.52 Å². The van der Waals surface area contributed by atoms with E-state index in [1.54, 1.807) is 11.0 Å². The minimum atomic E-state index is 0.0600. The van der Waals surface area contributed by atoms with Gasteiger partial charge < -0.3 is 10.3 Å². The van der Waals surface area contributed by atoms with Gasteiger partial charge in [0.1, 0.15) is 12.7 Å². The average Bonchev–Trinajstić information content (AvgIpc) is 3.15. The molecule has 0 saturated carbocycles. The fraction of sp³-hybridized carbons (Fsp3) is 0.389. The van der Waals surface area contributed by atoms with Crippen molar-refractivity contribution in [3.63, 3.8) is 0 Å². The molecular formula is C18H23N5O. The fourth-order valence-corrected chi connectivity index (χ4v) is 2.96. The van der Waals surface area contributed by atoms with Crippen LogP contribution in [0.5, 0.6) is 0 Å². The third-order valence-electron chi connectivity index (χ3n) is 4.38. The Hall–Kier alpha value is -2.63. The number of aromatic amines is 1.